The molecule has 1 saturated heterocycles. The van der Waals surface area contributed by atoms with Gasteiger partial charge in [-0.25, -0.2) is 8.78 Å². The van der Waals surface area contributed by atoms with Crippen molar-refractivity contribution in [1.29, 1.82) is 0 Å². The van der Waals surface area contributed by atoms with E-state index in [0.717, 1.165) is 18.7 Å². The molecule has 0 spiro atoms. The van der Waals surface area contributed by atoms with Crippen LogP contribution in [0.4, 0.5) is 8.78 Å². The molecule has 5 heteroatoms. The van der Waals surface area contributed by atoms with Crippen LogP contribution in [0.15, 0.2) is 18.2 Å². The Morgan fingerprint density at radius 3 is 2.94 bits per heavy atom. The van der Waals surface area contributed by atoms with Gasteiger partial charge in [0.1, 0.15) is 17.4 Å². The van der Waals surface area contributed by atoms with Gasteiger partial charge in [-0.05, 0) is 11.6 Å². The third-order valence-electron chi connectivity index (χ3n) is 2.88. The van der Waals surface area contributed by atoms with Crippen molar-refractivity contribution in [2.45, 2.75) is 18.9 Å². The zero-order chi connectivity index (χ0) is 13.0. The molecule has 0 saturated carbocycles. The maximum absolute atomic E-state index is 13.4. The average molecular weight is 255 g/mol. The largest absolute Gasteiger partial charge is 0.379 e. The summed E-state index contributed by atoms with van der Waals surface area (Å²) in [5, 5.41) is 3.16. The van der Waals surface area contributed by atoms with Crippen LogP contribution in [0, 0.1) is 11.6 Å². The van der Waals surface area contributed by atoms with Crippen LogP contribution >= 0.6 is 0 Å². The van der Waals surface area contributed by atoms with Gasteiger partial charge >= 0.3 is 0 Å². The van der Waals surface area contributed by atoms with E-state index in [1.807, 2.05) is 0 Å². The molecule has 1 aromatic carbocycles. The lowest BCUT2D eigenvalue weighted by molar-refractivity contribution is -0.119. The van der Waals surface area contributed by atoms with Gasteiger partial charge < -0.3 is 10.1 Å². The number of halogens is 2. The number of nitrogens with one attached hydrogen (secondary N) is 1. The van der Waals surface area contributed by atoms with Crippen molar-refractivity contribution in [1.82, 2.24) is 5.32 Å². The van der Waals surface area contributed by atoms with Gasteiger partial charge in [0.2, 0.25) is 0 Å². The van der Waals surface area contributed by atoms with Crippen LogP contribution < -0.4 is 5.32 Å². The Labute approximate surface area is 104 Å². The topological polar surface area (TPSA) is 38.3 Å². The Bertz CT molecular complexity index is 431. The van der Waals surface area contributed by atoms with E-state index in [-0.39, 0.29) is 23.8 Å². The second-order valence-electron chi connectivity index (χ2n) is 4.38. The lowest BCUT2D eigenvalue weighted by Gasteiger charge is -2.23. The Hall–Kier alpha value is -1.33. The number of hydrogen-bond acceptors (Lipinski definition) is 3. The van der Waals surface area contributed by atoms with Gasteiger partial charge in [0.25, 0.3) is 0 Å². The highest BCUT2D eigenvalue weighted by molar-refractivity contribution is 5.81. The monoisotopic (exact) mass is 255 g/mol. The summed E-state index contributed by atoms with van der Waals surface area (Å²) in [6, 6.07) is 3.26. The molecule has 2 rings (SSSR count). The van der Waals surface area contributed by atoms with Crippen molar-refractivity contribution in [3.8, 4) is 0 Å². The van der Waals surface area contributed by atoms with Crippen molar-refractivity contribution < 1.29 is 18.3 Å². The predicted octanol–water partition coefficient (Wildman–Crippen LogP) is 1.45. The average Bonchev–Trinajstić information content (AvgIpc) is 2.34. The molecule has 0 aliphatic carbocycles. The van der Waals surface area contributed by atoms with E-state index >= 15 is 0 Å². The standard InChI is InChI=1S/C13H15F2NO2/c14-10-2-1-9(13(15)6-10)5-12(17)7-11-8-18-4-3-16-11/h1-2,6,11,16H,3-5,7-8H2. The van der Waals surface area contributed by atoms with E-state index in [1.54, 1.807) is 0 Å². The number of ether oxygens (including phenoxy) is 1. The molecule has 1 N–H and O–H groups in total. The molecule has 1 aromatic rings. The molecule has 1 atom stereocenters. The molecule has 0 amide bonds. The summed E-state index contributed by atoms with van der Waals surface area (Å²) in [6.07, 6.45) is 0.293. The van der Waals surface area contributed by atoms with E-state index in [1.165, 1.54) is 6.07 Å². The highest BCUT2D eigenvalue weighted by Crippen LogP contribution is 2.12. The first-order chi connectivity index (χ1) is 8.65. The second kappa shape index (κ2) is 6.02. The minimum atomic E-state index is -0.670. The molecule has 1 heterocycles. The van der Waals surface area contributed by atoms with Crippen LogP contribution in [0.2, 0.25) is 0 Å². The van der Waals surface area contributed by atoms with Crippen molar-refractivity contribution in [2.24, 2.45) is 0 Å². The van der Waals surface area contributed by atoms with Crippen molar-refractivity contribution >= 4 is 5.78 Å². The van der Waals surface area contributed by atoms with Gasteiger partial charge in [-0.3, -0.25) is 4.79 Å². The lowest BCUT2D eigenvalue weighted by Crippen LogP contribution is -2.42. The first-order valence-corrected chi connectivity index (χ1v) is 5.92. The van der Waals surface area contributed by atoms with Gasteiger partial charge in [0.05, 0.1) is 13.2 Å². The highest BCUT2D eigenvalue weighted by Gasteiger charge is 2.18. The summed E-state index contributed by atoms with van der Waals surface area (Å²) in [5.74, 6) is -1.38. The van der Waals surface area contributed by atoms with Crippen LogP contribution in [0.5, 0.6) is 0 Å². The smallest absolute Gasteiger partial charge is 0.139 e. The number of benzene rings is 1. The fraction of sp³-hybridized carbons (Fsp3) is 0.462. The first-order valence-electron chi connectivity index (χ1n) is 5.92. The third kappa shape index (κ3) is 3.58. The fourth-order valence-corrected chi connectivity index (χ4v) is 1.98. The van der Waals surface area contributed by atoms with Gasteiger partial charge in [0.15, 0.2) is 0 Å². The molecule has 0 radical (unpaired) electrons. The maximum Gasteiger partial charge on any atom is 0.139 e. The summed E-state index contributed by atoms with van der Waals surface area (Å²) in [5.41, 5.74) is 0.234. The van der Waals surface area contributed by atoms with Crippen LogP contribution in [0.1, 0.15) is 12.0 Å². The zero-order valence-electron chi connectivity index (χ0n) is 9.92. The third-order valence-corrected chi connectivity index (χ3v) is 2.88. The molecular formula is C13H15F2NO2. The van der Waals surface area contributed by atoms with Crippen LogP contribution in [0.3, 0.4) is 0 Å². The van der Waals surface area contributed by atoms with E-state index in [2.05, 4.69) is 5.32 Å². The Kier molecular flexibility index (Phi) is 4.38. The SMILES string of the molecule is O=C(Cc1ccc(F)cc1F)CC1COCCN1. The molecule has 3 nitrogen and oxygen atoms in total. The summed E-state index contributed by atoms with van der Waals surface area (Å²) in [6.45, 7) is 1.87. The summed E-state index contributed by atoms with van der Waals surface area (Å²) in [4.78, 5) is 11.8. The van der Waals surface area contributed by atoms with E-state index in [0.29, 0.717) is 19.6 Å². The quantitative estimate of drug-likeness (QED) is 0.885. The van der Waals surface area contributed by atoms with Crippen molar-refractivity contribution in [2.75, 3.05) is 19.8 Å². The highest BCUT2D eigenvalue weighted by atomic mass is 19.1. The molecule has 1 fully saturated rings. The van der Waals surface area contributed by atoms with Gasteiger partial charge in [-0.2, -0.15) is 0 Å². The van der Waals surface area contributed by atoms with Crippen LogP contribution in [-0.2, 0) is 16.0 Å². The van der Waals surface area contributed by atoms with Gasteiger partial charge in [-0.15, -0.1) is 0 Å². The number of ketones is 1. The molecule has 18 heavy (non-hydrogen) atoms. The van der Waals surface area contributed by atoms with Gasteiger partial charge in [-0.1, -0.05) is 6.07 Å². The molecule has 98 valence electrons. The van der Waals surface area contributed by atoms with E-state index in [9.17, 15) is 13.6 Å². The minimum absolute atomic E-state index is 0.00485. The van der Waals surface area contributed by atoms with Crippen molar-refractivity contribution in [3.05, 3.63) is 35.4 Å². The first kappa shape index (κ1) is 13.1. The van der Waals surface area contributed by atoms with Gasteiger partial charge in [0, 0.05) is 31.5 Å². The minimum Gasteiger partial charge on any atom is -0.379 e. The zero-order valence-corrected chi connectivity index (χ0v) is 9.92. The normalized spacial score (nSPS) is 19.8. The maximum atomic E-state index is 13.4. The number of rotatable bonds is 4. The van der Waals surface area contributed by atoms with Crippen LogP contribution in [0.25, 0.3) is 0 Å². The summed E-state index contributed by atoms with van der Waals surface area (Å²) in [7, 11) is 0. The summed E-state index contributed by atoms with van der Waals surface area (Å²) < 4.78 is 31.3. The lowest BCUT2D eigenvalue weighted by atomic mass is 10.0. The summed E-state index contributed by atoms with van der Waals surface area (Å²) >= 11 is 0. The molecular weight excluding hydrogens is 240 g/mol. The van der Waals surface area contributed by atoms with Crippen molar-refractivity contribution in [3.63, 3.8) is 0 Å². The molecule has 1 aliphatic heterocycles. The number of carbonyl (C=O) groups is 1. The van der Waals surface area contributed by atoms with E-state index < -0.39 is 11.6 Å². The molecule has 1 aliphatic rings. The number of Topliss-reactive ketones (excluding diaryl/α,β-unsaturated/α-hetero) is 1. The Balaban J connectivity index is 1.90. The molecule has 0 aromatic heterocycles. The Morgan fingerprint density at radius 1 is 1.44 bits per heavy atom. The second-order valence-corrected chi connectivity index (χ2v) is 4.38. The molecule has 1 unspecified atom stereocenters. The van der Waals surface area contributed by atoms with E-state index in [4.69, 9.17) is 4.74 Å². The van der Waals surface area contributed by atoms with Crippen LogP contribution in [-0.4, -0.2) is 31.6 Å². The number of hydrogen-bond donors (Lipinski definition) is 1. The number of morpholine rings is 1. The Morgan fingerprint density at radius 2 is 2.28 bits per heavy atom. The fourth-order valence-electron chi connectivity index (χ4n) is 1.98. The predicted molar refractivity (Wildman–Crippen MR) is 62.3 cm³/mol. The molecule has 0 bridgehead atoms. The number of carbonyl (C=O) groups excluding carboxylic acids is 1.